The molecule has 3 aromatic carbocycles. The number of carbonyl (C=O) groups is 2. The lowest BCUT2D eigenvalue weighted by Crippen LogP contribution is -2.27. The maximum absolute atomic E-state index is 13.0. The van der Waals surface area contributed by atoms with Gasteiger partial charge in [0.15, 0.2) is 12.4 Å². The van der Waals surface area contributed by atoms with Crippen LogP contribution in [0.5, 0.6) is 11.5 Å². The maximum atomic E-state index is 13.0. The summed E-state index contributed by atoms with van der Waals surface area (Å²) in [5, 5.41) is 3.68. The molecule has 4 rings (SSSR count). The topological polar surface area (TPSA) is 81.0 Å². The van der Waals surface area contributed by atoms with Gasteiger partial charge in [0.1, 0.15) is 23.7 Å². The number of benzene rings is 3. The number of para-hydroxylation sites is 2. The van der Waals surface area contributed by atoms with Gasteiger partial charge in [-0.2, -0.15) is 0 Å². The molecule has 0 spiro atoms. The predicted molar refractivity (Wildman–Crippen MR) is 126 cm³/mol. The first-order valence-electron chi connectivity index (χ1n) is 10.4. The second kappa shape index (κ2) is 9.91. The first-order valence-corrected chi connectivity index (χ1v) is 10.4. The summed E-state index contributed by atoms with van der Waals surface area (Å²) < 4.78 is 17.2. The van der Waals surface area contributed by atoms with Gasteiger partial charge in [-0.1, -0.05) is 36.4 Å². The molecule has 7 heteroatoms. The van der Waals surface area contributed by atoms with E-state index in [0.29, 0.717) is 28.3 Å². The number of nitrogens with zero attached hydrogens (tertiary/aromatic N) is 1. The summed E-state index contributed by atoms with van der Waals surface area (Å²) in [6, 6.07) is 23.7. The van der Waals surface area contributed by atoms with Crippen molar-refractivity contribution in [3.63, 3.8) is 0 Å². The zero-order valence-electron chi connectivity index (χ0n) is 18.4. The van der Waals surface area contributed by atoms with Gasteiger partial charge >= 0.3 is 0 Å². The average Bonchev–Trinajstić information content (AvgIpc) is 3.21. The summed E-state index contributed by atoms with van der Waals surface area (Å²) in [5.74, 6) is 0.919. The second-order valence-electron chi connectivity index (χ2n) is 7.56. The van der Waals surface area contributed by atoms with E-state index in [9.17, 15) is 9.59 Å². The third kappa shape index (κ3) is 5.33. The molecule has 0 saturated heterocycles. The third-order valence-corrected chi connectivity index (χ3v) is 5.00. The largest absolute Gasteiger partial charge is 0.489 e. The zero-order valence-corrected chi connectivity index (χ0v) is 18.4. The number of hydrogen-bond acceptors (Lipinski definition) is 5. The number of ether oxygens (including phenoxy) is 2. The molecule has 0 unspecified atom stereocenters. The van der Waals surface area contributed by atoms with E-state index in [0.717, 1.165) is 5.39 Å². The summed E-state index contributed by atoms with van der Waals surface area (Å²) in [7, 11) is 3.34. The van der Waals surface area contributed by atoms with E-state index < -0.39 is 0 Å². The lowest BCUT2D eigenvalue weighted by Gasteiger charge is -2.12. The van der Waals surface area contributed by atoms with Crippen LogP contribution in [0.3, 0.4) is 0 Å². The van der Waals surface area contributed by atoms with Crippen molar-refractivity contribution in [3.05, 3.63) is 90.2 Å². The minimum absolute atomic E-state index is 0.0531. The van der Waals surface area contributed by atoms with Crippen molar-refractivity contribution < 1.29 is 23.5 Å². The number of carbonyl (C=O) groups excluding carboxylic acids is 2. The van der Waals surface area contributed by atoms with Crippen molar-refractivity contribution in [3.8, 4) is 11.5 Å². The Labute approximate surface area is 191 Å². The number of furan rings is 1. The van der Waals surface area contributed by atoms with Crippen LogP contribution in [0.15, 0.2) is 83.3 Å². The normalized spacial score (nSPS) is 10.6. The first-order chi connectivity index (χ1) is 16.0. The molecule has 1 N–H and O–H groups in total. The molecular formula is C26H24N2O5. The Hall–Kier alpha value is -4.26. The van der Waals surface area contributed by atoms with E-state index in [-0.39, 0.29) is 30.8 Å². The molecule has 1 aromatic heterocycles. The SMILES string of the molecule is CN(C)C(=O)COc1ccc(NC(=O)c2oc3ccccc3c2COc2ccccc2)cc1. The highest BCUT2D eigenvalue weighted by molar-refractivity contribution is 6.06. The van der Waals surface area contributed by atoms with Crippen LogP contribution in [0.1, 0.15) is 16.1 Å². The highest BCUT2D eigenvalue weighted by Crippen LogP contribution is 2.28. The Morgan fingerprint density at radius 1 is 0.848 bits per heavy atom. The lowest BCUT2D eigenvalue weighted by molar-refractivity contribution is -0.130. The Balaban J connectivity index is 1.49. The minimum atomic E-state index is -0.380. The Morgan fingerprint density at radius 2 is 1.52 bits per heavy atom. The molecule has 2 amide bonds. The van der Waals surface area contributed by atoms with E-state index in [1.54, 1.807) is 38.4 Å². The molecule has 0 saturated carbocycles. The monoisotopic (exact) mass is 444 g/mol. The van der Waals surface area contributed by atoms with Gasteiger partial charge < -0.3 is 24.1 Å². The van der Waals surface area contributed by atoms with E-state index >= 15 is 0 Å². The highest BCUT2D eigenvalue weighted by Gasteiger charge is 2.21. The highest BCUT2D eigenvalue weighted by atomic mass is 16.5. The van der Waals surface area contributed by atoms with Crippen molar-refractivity contribution in [2.75, 3.05) is 26.0 Å². The molecule has 33 heavy (non-hydrogen) atoms. The van der Waals surface area contributed by atoms with Gasteiger partial charge in [0, 0.05) is 30.7 Å². The fourth-order valence-corrected chi connectivity index (χ4v) is 3.19. The Bertz CT molecular complexity index is 1250. The average molecular weight is 444 g/mol. The van der Waals surface area contributed by atoms with E-state index in [4.69, 9.17) is 13.9 Å². The van der Waals surface area contributed by atoms with Crippen molar-refractivity contribution >= 4 is 28.5 Å². The smallest absolute Gasteiger partial charge is 0.291 e. The molecule has 0 aliphatic heterocycles. The lowest BCUT2D eigenvalue weighted by atomic mass is 10.1. The van der Waals surface area contributed by atoms with E-state index in [1.807, 2.05) is 54.6 Å². The van der Waals surface area contributed by atoms with Gasteiger partial charge in [0.2, 0.25) is 0 Å². The molecule has 0 fully saturated rings. The molecule has 0 bridgehead atoms. The summed E-state index contributed by atoms with van der Waals surface area (Å²) >= 11 is 0. The van der Waals surface area contributed by atoms with Gasteiger partial charge in [-0.15, -0.1) is 0 Å². The van der Waals surface area contributed by atoms with Gasteiger partial charge in [0.05, 0.1) is 0 Å². The molecule has 1 heterocycles. The number of rotatable bonds is 8. The van der Waals surface area contributed by atoms with Crippen LogP contribution in [0.2, 0.25) is 0 Å². The van der Waals surface area contributed by atoms with Gasteiger partial charge in [-0.05, 0) is 42.5 Å². The number of fused-ring (bicyclic) bond motifs is 1. The molecule has 0 radical (unpaired) electrons. The fourth-order valence-electron chi connectivity index (χ4n) is 3.19. The summed E-state index contributed by atoms with van der Waals surface area (Å²) in [5.41, 5.74) is 1.86. The standard InChI is InChI=1S/C26H24N2O5/c1-28(2)24(29)17-32-20-14-12-18(13-15-20)27-26(30)25-22(16-31-19-8-4-3-5-9-19)21-10-6-7-11-23(21)33-25/h3-15H,16-17H2,1-2H3,(H,27,30). The number of amides is 2. The molecule has 0 aliphatic rings. The number of hydrogen-bond donors (Lipinski definition) is 1. The molecule has 7 nitrogen and oxygen atoms in total. The van der Waals surface area contributed by atoms with Gasteiger partial charge in [-0.25, -0.2) is 0 Å². The zero-order chi connectivity index (χ0) is 23.2. The Kier molecular flexibility index (Phi) is 6.59. The van der Waals surface area contributed by atoms with Gasteiger partial charge in [-0.3, -0.25) is 9.59 Å². The fraction of sp³-hybridized carbons (Fsp3) is 0.154. The molecule has 4 aromatic rings. The van der Waals surface area contributed by atoms with Crippen LogP contribution in [-0.2, 0) is 11.4 Å². The van der Waals surface area contributed by atoms with Gasteiger partial charge in [0.25, 0.3) is 11.8 Å². The van der Waals surface area contributed by atoms with Crippen LogP contribution in [-0.4, -0.2) is 37.4 Å². The van der Waals surface area contributed by atoms with Crippen LogP contribution in [0.25, 0.3) is 11.0 Å². The maximum Gasteiger partial charge on any atom is 0.291 e. The summed E-state index contributed by atoms with van der Waals surface area (Å²) in [6.07, 6.45) is 0. The summed E-state index contributed by atoms with van der Waals surface area (Å²) in [4.78, 5) is 26.2. The molecular weight excluding hydrogens is 420 g/mol. The van der Waals surface area contributed by atoms with Crippen molar-refractivity contribution in [2.45, 2.75) is 6.61 Å². The second-order valence-corrected chi connectivity index (χ2v) is 7.56. The third-order valence-electron chi connectivity index (χ3n) is 5.00. The Morgan fingerprint density at radius 3 is 2.24 bits per heavy atom. The minimum Gasteiger partial charge on any atom is -0.489 e. The van der Waals surface area contributed by atoms with Crippen molar-refractivity contribution in [2.24, 2.45) is 0 Å². The van der Waals surface area contributed by atoms with E-state index in [1.165, 1.54) is 4.90 Å². The number of anilines is 1. The van der Waals surface area contributed by atoms with Crippen LogP contribution in [0, 0.1) is 0 Å². The van der Waals surface area contributed by atoms with Crippen LogP contribution >= 0.6 is 0 Å². The molecule has 0 atom stereocenters. The summed E-state index contributed by atoms with van der Waals surface area (Å²) in [6.45, 7) is 0.138. The van der Waals surface area contributed by atoms with Crippen LogP contribution < -0.4 is 14.8 Å². The number of likely N-dealkylation sites (N-methyl/N-ethyl adjacent to an activating group) is 1. The van der Waals surface area contributed by atoms with Crippen LogP contribution in [0.4, 0.5) is 5.69 Å². The predicted octanol–water partition coefficient (Wildman–Crippen LogP) is 4.73. The van der Waals surface area contributed by atoms with Crippen molar-refractivity contribution in [1.82, 2.24) is 4.90 Å². The quantitative estimate of drug-likeness (QED) is 0.425. The molecule has 168 valence electrons. The van der Waals surface area contributed by atoms with Crippen molar-refractivity contribution in [1.29, 1.82) is 0 Å². The number of nitrogens with one attached hydrogen (secondary N) is 1. The first kappa shape index (κ1) is 22.0. The molecule has 0 aliphatic carbocycles. The van der Waals surface area contributed by atoms with E-state index in [2.05, 4.69) is 5.32 Å².